The molecule has 1 aromatic heterocycles. The van der Waals surface area contributed by atoms with Gasteiger partial charge in [-0.1, -0.05) is 32.0 Å². The van der Waals surface area contributed by atoms with E-state index in [1.807, 2.05) is 76.2 Å². The summed E-state index contributed by atoms with van der Waals surface area (Å²) in [7, 11) is 3.78. The number of hydrogen-bond acceptors (Lipinski definition) is 5. The van der Waals surface area contributed by atoms with Crippen LogP contribution in [0.1, 0.15) is 52.2 Å². The molecule has 7 heteroatoms. The average molecular weight is 469 g/mol. The fourth-order valence-electron chi connectivity index (χ4n) is 3.54. The lowest BCUT2D eigenvalue weighted by molar-refractivity contribution is -0.132. The predicted molar refractivity (Wildman–Crippen MR) is 135 cm³/mol. The van der Waals surface area contributed by atoms with Crippen molar-refractivity contribution < 1.29 is 14.3 Å². The van der Waals surface area contributed by atoms with E-state index in [-0.39, 0.29) is 17.9 Å². The molecule has 2 aromatic rings. The Balaban J connectivity index is 2.11. The number of hydrogen-bond donors (Lipinski definition) is 2. The monoisotopic (exact) mass is 468 g/mol. The predicted octanol–water partition coefficient (Wildman–Crippen LogP) is 3.58. The first-order valence-electron chi connectivity index (χ1n) is 11.8. The molecule has 0 aliphatic carbocycles. The first-order chi connectivity index (χ1) is 15.9. The second-order valence-corrected chi connectivity index (χ2v) is 10.4. The number of aromatic nitrogens is 1. The van der Waals surface area contributed by atoms with Crippen LogP contribution in [0.5, 0.6) is 5.75 Å². The maximum Gasteiger partial charge on any atom is 0.243 e. The normalized spacial score (nSPS) is 13.4. The van der Waals surface area contributed by atoms with Crippen molar-refractivity contribution >= 4 is 11.8 Å². The third-order valence-corrected chi connectivity index (χ3v) is 5.24. The lowest BCUT2D eigenvalue weighted by Gasteiger charge is -2.29. The van der Waals surface area contributed by atoms with Crippen LogP contribution in [0.15, 0.2) is 48.8 Å². The van der Waals surface area contributed by atoms with Crippen LogP contribution >= 0.6 is 0 Å². The summed E-state index contributed by atoms with van der Waals surface area (Å²) in [4.78, 5) is 32.2. The van der Waals surface area contributed by atoms with Crippen LogP contribution in [0.25, 0.3) is 0 Å². The number of carbonyl (C=O) groups excluding carboxylic acids is 2. The highest BCUT2D eigenvalue weighted by Crippen LogP contribution is 2.16. The summed E-state index contributed by atoms with van der Waals surface area (Å²) in [6, 6.07) is 10.5. The van der Waals surface area contributed by atoms with E-state index in [4.69, 9.17) is 4.74 Å². The van der Waals surface area contributed by atoms with E-state index in [1.54, 1.807) is 12.4 Å². The Hall–Kier alpha value is -2.93. The molecule has 2 N–H and O–H groups in total. The summed E-state index contributed by atoms with van der Waals surface area (Å²) in [6.07, 6.45) is 4.61. The molecule has 2 amide bonds. The fraction of sp³-hybridized carbons (Fsp3) is 0.519. The molecule has 0 aliphatic heterocycles. The topological polar surface area (TPSA) is 83.6 Å². The van der Waals surface area contributed by atoms with Gasteiger partial charge in [-0.15, -0.1) is 0 Å². The number of carbonyl (C=O) groups is 2. The lowest BCUT2D eigenvalue weighted by atomic mass is 9.99. The van der Waals surface area contributed by atoms with E-state index in [9.17, 15) is 9.59 Å². The minimum atomic E-state index is -0.677. The Morgan fingerprint density at radius 1 is 1.03 bits per heavy atom. The summed E-state index contributed by atoms with van der Waals surface area (Å²) >= 11 is 0. The molecule has 0 aliphatic rings. The maximum atomic E-state index is 13.1. The third kappa shape index (κ3) is 9.51. The Labute approximate surface area is 204 Å². The Kier molecular flexibility index (Phi) is 10.1. The number of nitrogens with zero attached hydrogens (tertiary/aromatic N) is 2. The number of likely N-dealkylation sites (N-methyl/N-ethyl adjacent to an activating group) is 1. The second-order valence-electron chi connectivity index (χ2n) is 10.4. The molecule has 7 nitrogen and oxygen atoms in total. The van der Waals surface area contributed by atoms with E-state index in [0.29, 0.717) is 18.9 Å². The van der Waals surface area contributed by atoms with Gasteiger partial charge in [0.25, 0.3) is 0 Å². The summed E-state index contributed by atoms with van der Waals surface area (Å²) in [5.74, 6) is 0.764. The average Bonchev–Trinajstić information content (AvgIpc) is 2.75. The highest BCUT2D eigenvalue weighted by molar-refractivity contribution is 5.90. The molecule has 0 spiro atoms. The van der Waals surface area contributed by atoms with Gasteiger partial charge in [0.15, 0.2) is 0 Å². The number of pyridine rings is 1. The van der Waals surface area contributed by atoms with Crippen molar-refractivity contribution in [2.45, 2.75) is 71.7 Å². The minimum absolute atomic E-state index is 0.135. The zero-order valence-electron chi connectivity index (χ0n) is 21.6. The Bertz CT molecular complexity index is 906. The van der Waals surface area contributed by atoms with E-state index in [1.165, 1.54) is 0 Å². The molecule has 1 aromatic carbocycles. The zero-order valence-corrected chi connectivity index (χ0v) is 21.6. The van der Waals surface area contributed by atoms with Crippen LogP contribution in [-0.4, -0.2) is 53.4 Å². The fourth-order valence-corrected chi connectivity index (χ4v) is 3.54. The van der Waals surface area contributed by atoms with E-state index in [2.05, 4.69) is 29.5 Å². The van der Waals surface area contributed by atoms with Gasteiger partial charge in [0.05, 0.1) is 6.04 Å². The molecule has 0 unspecified atom stereocenters. The third-order valence-electron chi connectivity index (χ3n) is 5.24. The molecular formula is C27H40N4O3. The number of amides is 2. The maximum absolute atomic E-state index is 13.1. The molecular weight excluding hydrogens is 428 g/mol. The zero-order chi connectivity index (χ0) is 25.3. The van der Waals surface area contributed by atoms with Gasteiger partial charge >= 0.3 is 0 Å². The van der Waals surface area contributed by atoms with E-state index < -0.39 is 11.6 Å². The first kappa shape index (κ1) is 27.3. The second kappa shape index (κ2) is 12.5. The number of benzene rings is 1. The van der Waals surface area contributed by atoms with Crippen LogP contribution < -0.4 is 15.4 Å². The number of nitrogens with one attached hydrogen (secondary N) is 2. The summed E-state index contributed by atoms with van der Waals surface area (Å²) < 4.78 is 5.83. The smallest absolute Gasteiger partial charge is 0.243 e. The van der Waals surface area contributed by atoms with Gasteiger partial charge in [0.1, 0.15) is 18.4 Å². The molecule has 1 heterocycles. The molecule has 0 saturated carbocycles. The molecule has 186 valence electrons. The van der Waals surface area contributed by atoms with Gasteiger partial charge in [-0.3, -0.25) is 19.5 Å². The quantitative estimate of drug-likeness (QED) is 0.527. The van der Waals surface area contributed by atoms with Gasteiger partial charge < -0.3 is 15.4 Å². The molecule has 2 atom stereocenters. The Morgan fingerprint density at radius 3 is 2.24 bits per heavy atom. The van der Waals surface area contributed by atoms with Gasteiger partial charge in [0, 0.05) is 29.9 Å². The van der Waals surface area contributed by atoms with Crippen molar-refractivity contribution in [3.05, 3.63) is 59.9 Å². The molecule has 0 bridgehead atoms. The summed E-state index contributed by atoms with van der Waals surface area (Å²) in [5.41, 5.74) is 1.53. The molecule has 0 radical (unpaired) electrons. The van der Waals surface area contributed by atoms with Crippen molar-refractivity contribution in [3.63, 3.8) is 0 Å². The van der Waals surface area contributed by atoms with Crippen LogP contribution in [0.4, 0.5) is 0 Å². The van der Waals surface area contributed by atoms with Crippen molar-refractivity contribution in [1.82, 2.24) is 20.5 Å². The van der Waals surface area contributed by atoms with Gasteiger partial charge in [-0.05, 0) is 71.0 Å². The molecule has 34 heavy (non-hydrogen) atoms. The Morgan fingerprint density at radius 2 is 1.71 bits per heavy atom. The van der Waals surface area contributed by atoms with E-state index >= 15 is 0 Å². The van der Waals surface area contributed by atoms with Gasteiger partial charge in [-0.2, -0.15) is 0 Å². The largest absolute Gasteiger partial charge is 0.489 e. The molecule has 0 saturated heterocycles. The van der Waals surface area contributed by atoms with Crippen molar-refractivity contribution in [1.29, 1.82) is 0 Å². The van der Waals surface area contributed by atoms with Crippen LogP contribution in [0.2, 0.25) is 0 Å². The highest BCUT2D eigenvalue weighted by atomic mass is 16.5. The van der Waals surface area contributed by atoms with Crippen molar-refractivity contribution in [3.8, 4) is 5.75 Å². The number of ether oxygens (including phenoxy) is 1. The SMILES string of the molecule is CC(C)C[C@H](C(=O)N[C@@H](Cc1ccc(OCc2cccnc2)cc1)C(=O)NC(C)(C)C)N(C)C. The molecule has 2 rings (SSSR count). The van der Waals surface area contributed by atoms with Crippen molar-refractivity contribution in [2.75, 3.05) is 14.1 Å². The van der Waals surface area contributed by atoms with Crippen LogP contribution in [-0.2, 0) is 22.6 Å². The van der Waals surface area contributed by atoms with Crippen LogP contribution in [0.3, 0.4) is 0 Å². The summed E-state index contributed by atoms with van der Waals surface area (Å²) in [6.45, 7) is 10.4. The van der Waals surface area contributed by atoms with Crippen LogP contribution in [0, 0.1) is 5.92 Å². The summed E-state index contributed by atoms with van der Waals surface area (Å²) in [5, 5.41) is 6.01. The number of rotatable bonds is 11. The highest BCUT2D eigenvalue weighted by Gasteiger charge is 2.29. The van der Waals surface area contributed by atoms with E-state index in [0.717, 1.165) is 23.3 Å². The van der Waals surface area contributed by atoms with Gasteiger partial charge in [-0.25, -0.2) is 0 Å². The minimum Gasteiger partial charge on any atom is -0.489 e. The lowest BCUT2D eigenvalue weighted by Crippen LogP contribution is -2.56. The van der Waals surface area contributed by atoms with Crippen molar-refractivity contribution in [2.24, 2.45) is 5.92 Å². The standard InChI is InChI=1S/C27H40N4O3/c1-19(2)15-24(31(6)7)26(33)29-23(25(32)30-27(3,4)5)16-20-10-12-22(13-11-20)34-18-21-9-8-14-28-17-21/h8-14,17,19,23-24H,15-16,18H2,1-7H3,(H,29,33)(H,30,32)/t23-,24+/m0/s1. The molecule has 0 fully saturated rings. The van der Waals surface area contributed by atoms with Gasteiger partial charge in [0.2, 0.25) is 11.8 Å². The first-order valence-corrected chi connectivity index (χ1v) is 11.8.